The standard InChI is InChI=1S/C23H30N4O3/c1-15-4-7-20-21(27(15)16(2)28)9-8-19(17(12-24)13-25-18-5-6-18)23(20)30-14-22(29)26-10-3-11-26/h8-9,12-13,15,18H,3-7,10-11,14,24H2,1-2H3. The van der Waals surface area contributed by atoms with Gasteiger partial charge < -0.3 is 20.3 Å². The molecule has 1 aromatic carbocycles. The lowest BCUT2D eigenvalue weighted by atomic mass is 9.92. The first-order valence-corrected chi connectivity index (χ1v) is 10.8. The Bertz CT molecular complexity index is 900. The van der Waals surface area contributed by atoms with Crippen LogP contribution in [0, 0.1) is 0 Å². The molecular formula is C23H30N4O3. The molecule has 7 nitrogen and oxygen atoms in total. The molecule has 2 aliphatic heterocycles. The summed E-state index contributed by atoms with van der Waals surface area (Å²) in [4.78, 5) is 32.9. The molecule has 1 aliphatic carbocycles. The predicted octanol–water partition coefficient (Wildman–Crippen LogP) is 2.52. The van der Waals surface area contributed by atoms with Crippen LogP contribution in [0.2, 0.25) is 0 Å². The largest absolute Gasteiger partial charge is 0.483 e. The fourth-order valence-corrected chi connectivity index (χ4v) is 4.08. The molecule has 160 valence electrons. The van der Waals surface area contributed by atoms with Crippen LogP contribution in [0.5, 0.6) is 5.75 Å². The lowest BCUT2D eigenvalue weighted by molar-refractivity contribution is -0.136. The molecule has 1 unspecified atom stereocenters. The van der Waals surface area contributed by atoms with Crippen molar-refractivity contribution < 1.29 is 14.3 Å². The van der Waals surface area contributed by atoms with Gasteiger partial charge >= 0.3 is 0 Å². The van der Waals surface area contributed by atoms with Crippen molar-refractivity contribution in [2.24, 2.45) is 10.7 Å². The van der Waals surface area contributed by atoms with Crippen LogP contribution < -0.4 is 15.4 Å². The fourth-order valence-electron chi connectivity index (χ4n) is 4.08. The quantitative estimate of drug-likeness (QED) is 0.730. The molecular weight excluding hydrogens is 380 g/mol. The number of carbonyl (C=O) groups is 2. The second-order valence-electron chi connectivity index (χ2n) is 8.37. The molecule has 0 radical (unpaired) electrons. The number of hydrogen-bond acceptors (Lipinski definition) is 5. The molecule has 1 saturated heterocycles. The van der Waals surface area contributed by atoms with E-state index in [2.05, 4.69) is 11.9 Å². The summed E-state index contributed by atoms with van der Waals surface area (Å²) in [6.07, 6.45) is 8.21. The number of hydrogen-bond donors (Lipinski definition) is 1. The Hall–Kier alpha value is -2.83. The Labute approximate surface area is 177 Å². The predicted molar refractivity (Wildman–Crippen MR) is 118 cm³/mol. The summed E-state index contributed by atoms with van der Waals surface area (Å²) in [6.45, 7) is 5.20. The molecule has 7 heteroatoms. The summed E-state index contributed by atoms with van der Waals surface area (Å²) in [5, 5.41) is 0. The van der Waals surface area contributed by atoms with Crippen molar-refractivity contribution in [3.63, 3.8) is 0 Å². The number of benzene rings is 1. The molecule has 1 aromatic rings. The van der Waals surface area contributed by atoms with Crippen LogP contribution in [0.3, 0.4) is 0 Å². The molecule has 0 spiro atoms. The van der Waals surface area contributed by atoms with Gasteiger partial charge in [0.15, 0.2) is 6.61 Å². The van der Waals surface area contributed by atoms with E-state index in [-0.39, 0.29) is 24.5 Å². The maximum absolute atomic E-state index is 12.4. The van der Waals surface area contributed by atoms with Gasteiger partial charge in [-0.1, -0.05) is 0 Å². The number of likely N-dealkylation sites (tertiary alicyclic amines) is 1. The minimum atomic E-state index is -0.0172. The number of allylic oxidation sites excluding steroid dienone is 1. The Morgan fingerprint density at radius 2 is 2.03 bits per heavy atom. The van der Waals surface area contributed by atoms with Crippen LogP contribution in [-0.4, -0.2) is 54.7 Å². The van der Waals surface area contributed by atoms with E-state index >= 15 is 0 Å². The van der Waals surface area contributed by atoms with Gasteiger partial charge in [-0.3, -0.25) is 14.6 Å². The van der Waals surface area contributed by atoms with Gasteiger partial charge in [0.05, 0.1) is 11.7 Å². The molecule has 3 aliphatic rings. The second kappa shape index (κ2) is 8.50. The molecule has 1 saturated carbocycles. The van der Waals surface area contributed by atoms with E-state index in [1.807, 2.05) is 17.0 Å². The lowest BCUT2D eigenvalue weighted by Crippen LogP contribution is -2.44. The van der Waals surface area contributed by atoms with Gasteiger partial charge in [0.25, 0.3) is 5.91 Å². The van der Waals surface area contributed by atoms with Gasteiger partial charge in [0, 0.05) is 55.2 Å². The lowest BCUT2D eigenvalue weighted by Gasteiger charge is -2.36. The number of amides is 2. The molecule has 0 aromatic heterocycles. The highest BCUT2D eigenvalue weighted by Gasteiger charge is 2.31. The van der Waals surface area contributed by atoms with Crippen molar-refractivity contribution in [3.8, 4) is 5.75 Å². The molecule has 0 bridgehead atoms. The highest BCUT2D eigenvalue weighted by Crippen LogP contribution is 2.41. The summed E-state index contributed by atoms with van der Waals surface area (Å²) in [6, 6.07) is 4.38. The van der Waals surface area contributed by atoms with Gasteiger partial charge in [-0.25, -0.2) is 0 Å². The van der Waals surface area contributed by atoms with Crippen molar-refractivity contribution in [3.05, 3.63) is 29.5 Å². The fraction of sp³-hybridized carbons (Fsp3) is 0.522. The van der Waals surface area contributed by atoms with Crippen molar-refractivity contribution in [1.82, 2.24) is 4.90 Å². The van der Waals surface area contributed by atoms with Gasteiger partial charge in [0.1, 0.15) is 5.75 Å². The van der Waals surface area contributed by atoms with Crippen LogP contribution in [-0.2, 0) is 16.0 Å². The monoisotopic (exact) mass is 410 g/mol. The van der Waals surface area contributed by atoms with E-state index in [9.17, 15) is 9.59 Å². The number of rotatable bonds is 6. The third kappa shape index (κ3) is 4.06. The summed E-state index contributed by atoms with van der Waals surface area (Å²) in [7, 11) is 0. The average Bonchev–Trinajstić information content (AvgIpc) is 3.49. The van der Waals surface area contributed by atoms with E-state index in [1.54, 1.807) is 18.0 Å². The third-order valence-electron chi connectivity index (χ3n) is 6.10. The topological polar surface area (TPSA) is 88.2 Å². The number of fused-ring (bicyclic) bond motifs is 1. The molecule has 1 atom stereocenters. The SMILES string of the molecule is CC(=O)N1c2ccc(C(C=NC3CC3)=CN)c(OCC(=O)N3CCC3)c2CCC1C. The van der Waals surface area contributed by atoms with Crippen LogP contribution in [0.15, 0.2) is 23.3 Å². The smallest absolute Gasteiger partial charge is 0.260 e. The van der Waals surface area contributed by atoms with Crippen molar-refractivity contribution >= 4 is 29.3 Å². The summed E-state index contributed by atoms with van der Waals surface area (Å²) in [5.74, 6) is 0.629. The number of carbonyl (C=O) groups excluding carboxylic acids is 2. The minimum absolute atomic E-state index is 0.00342. The molecule has 2 amide bonds. The Morgan fingerprint density at radius 1 is 1.27 bits per heavy atom. The molecule has 2 N–H and O–H groups in total. The first kappa shape index (κ1) is 20.4. The molecule has 2 heterocycles. The summed E-state index contributed by atoms with van der Waals surface area (Å²) < 4.78 is 6.14. The second-order valence-corrected chi connectivity index (χ2v) is 8.37. The van der Waals surface area contributed by atoms with E-state index in [0.717, 1.165) is 67.6 Å². The van der Waals surface area contributed by atoms with Crippen LogP contribution in [0.25, 0.3) is 5.57 Å². The molecule has 2 fully saturated rings. The Balaban J connectivity index is 1.71. The third-order valence-corrected chi connectivity index (χ3v) is 6.10. The number of nitrogens with zero attached hydrogens (tertiary/aromatic N) is 3. The average molecular weight is 411 g/mol. The normalized spacial score (nSPS) is 21.4. The van der Waals surface area contributed by atoms with Gasteiger partial charge in [0.2, 0.25) is 5.91 Å². The molecule has 30 heavy (non-hydrogen) atoms. The highest BCUT2D eigenvalue weighted by molar-refractivity contribution is 6.11. The number of anilines is 1. The van der Waals surface area contributed by atoms with Crippen LogP contribution in [0.4, 0.5) is 5.69 Å². The highest BCUT2D eigenvalue weighted by atomic mass is 16.5. The first-order chi connectivity index (χ1) is 14.5. The van der Waals surface area contributed by atoms with Crippen LogP contribution >= 0.6 is 0 Å². The Morgan fingerprint density at radius 3 is 2.63 bits per heavy atom. The Kier molecular flexibility index (Phi) is 5.79. The van der Waals surface area contributed by atoms with E-state index < -0.39 is 0 Å². The van der Waals surface area contributed by atoms with Crippen molar-refractivity contribution in [1.29, 1.82) is 0 Å². The zero-order valence-electron chi connectivity index (χ0n) is 17.8. The number of aliphatic imine (C=N–C) groups is 1. The van der Waals surface area contributed by atoms with Crippen molar-refractivity contribution in [2.45, 2.75) is 58.0 Å². The van der Waals surface area contributed by atoms with E-state index in [4.69, 9.17) is 10.5 Å². The van der Waals surface area contributed by atoms with E-state index in [1.165, 1.54) is 6.20 Å². The van der Waals surface area contributed by atoms with Crippen molar-refractivity contribution in [2.75, 3.05) is 24.6 Å². The summed E-state index contributed by atoms with van der Waals surface area (Å²) in [5.41, 5.74) is 9.33. The van der Waals surface area contributed by atoms with Gasteiger partial charge in [-0.2, -0.15) is 0 Å². The number of nitrogens with two attached hydrogens (primary N) is 1. The maximum atomic E-state index is 12.4. The first-order valence-electron chi connectivity index (χ1n) is 10.8. The van der Waals surface area contributed by atoms with Gasteiger partial charge in [-0.15, -0.1) is 0 Å². The maximum Gasteiger partial charge on any atom is 0.260 e. The zero-order valence-corrected chi connectivity index (χ0v) is 17.8. The minimum Gasteiger partial charge on any atom is -0.483 e. The molecule has 4 rings (SSSR count). The number of ether oxygens (including phenoxy) is 1. The van der Waals surface area contributed by atoms with E-state index in [0.29, 0.717) is 11.8 Å². The summed E-state index contributed by atoms with van der Waals surface area (Å²) >= 11 is 0. The van der Waals surface area contributed by atoms with Crippen LogP contribution in [0.1, 0.15) is 50.7 Å². The zero-order chi connectivity index (χ0) is 21.3. The van der Waals surface area contributed by atoms with Gasteiger partial charge in [-0.05, 0) is 51.2 Å².